The van der Waals surface area contributed by atoms with E-state index in [9.17, 15) is 13.2 Å². The SMILES string of the molecule is Cc1cnn(CCCNC(=O)c2ccc(NS(=O)(=O)c3ccc4c(c3)OCCCO4)cc2)c1. The van der Waals surface area contributed by atoms with E-state index in [-0.39, 0.29) is 10.8 Å². The third kappa shape index (κ3) is 5.83. The minimum Gasteiger partial charge on any atom is -0.490 e. The van der Waals surface area contributed by atoms with Gasteiger partial charge in [0.2, 0.25) is 0 Å². The number of carbonyl (C=O) groups excluding carboxylic acids is 1. The van der Waals surface area contributed by atoms with Crippen molar-refractivity contribution >= 4 is 21.6 Å². The Morgan fingerprint density at radius 3 is 2.58 bits per heavy atom. The molecular formula is C23H26N4O5S. The number of nitrogens with one attached hydrogen (secondary N) is 2. The van der Waals surface area contributed by atoms with Crippen LogP contribution in [0.1, 0.15) is 28.8 Å². The molecule has 2 aromatic carbocycles. The van der Waals surface area contributed by atoms with E-state index < -0.39 is 10.0 Å². The molecule has 174 valence electrons. The number of anilines is 1. The quantitative estimate of drug-likeness (QED) is 0.490. The number of aryl methyl sites for hydroxylation is 2. The van der Waals surface area contributed by atoms with Crippen LogP contribution in [-0.4, -0.2) is 43.9 Å². The minimum absolute atomic E-state index is 0.0703. The van der Waals surface area contributed by atoms with Gasteiger partial charge in [-0.05, 0) is 55.3 Å². The molecule has 4 rings (SSSR count). The molecule has 9 nitrogen and oxygen atoms in total. The maximum absolute atomic E-state index is 12.8. The number of nitrogens with zero attached hydrogens (tertiary/aromatic N) is 2. The molecule has 2 heterocycles. The van der Waals surface area contributed by atoms with Gasteiger partial charge in [-0.25, -0.2) is 8.42 Å². The lowest BCUT2D eigenvalue weighted by molar-refractivity contribution is 0.0952. The molecule has 0 aliphatic carbocycles. The van der Waals surface area contributed by atoms with Gasteiger partial charge in [-0.15, -0.1) is 0 Å². The van der Waals surface area contributed by atoms with Crippen molar-refractivity contribution in [3.8, 4) is 11.5 Å². The Kier molecular flexibility index (Phi) is 6.83. The maximum Gasteiger partial charge on any atom is 0.262 e. The van der Waals surface area contributed by atoms with Crippen LogP contribution in [0.3, 0.4) is 0 Å². The van der Waals surface area contributed by atoms with Crippen LogP contribution in [0, 0.1) is 6.92 Å². The van der Waals surface area contributed by atoms with Crippen LogP contribution in [0.4, 0.5) is 5.69 Å². The summed E-state index contributed by atoms with van der Waals surface area (Å²) in [7, 11) is -3.83. The first-order chi connectivity index (χ1) is 15.9. The van der Waals surface area contributed by atoms with E-state index in [4.69, 9.17) is 9.47 Å². The van der Waals surface area contributed by atoms with E-state index in [0.717, 1.165) is 18.4 Å². The van der Waals surface area contributed by atoms with Gasteiger partial charge in [-0.3, -0.25) is 14.2 Å². The number of sulfonamides is 1. The first-order valence-corrected chi connectivity index (χ1v) is 12.2. The van der Waals surface area contributed by atoms with Gasteiger partial charge in [-0.1, -0.05) is 0 Å². The normalized spacial score (nSPS) is 13.2. The lowest BCUT2D eigenvalue weighted by Crippen LogP contribution is -2.25. The van der Waals surface area contributed by atoms with Crippen molar-refractivity contribution in [2.75, 3.05) is 24.5 Å². The zero-order valence-electron chi connectivity index (χ0n) is 18.3. The summed E-state index contributed by atoms with van der Waals surface area (Å²) in [4.78, 5) is 12.4. The van der Waals surface area contributed by atoms with Crippen molar-refractivity contribution in [2.24, 2.45) is 0 Å². The number of hydrogen-bond acceptors (Lipinski definition) is 6. The Balaban J connectivity index is 1.33. The summed E-state index contributed by atoms with van der Waals surface area (Å²) in [5.41, 5.74) is 1.90. The third-order valence-corrected chi connectivity index (χ3v) is 6.42. The Morgan fingerprint density at radius 2 is 1.85 bits per heavy atom. The van der Waals surface area contributed by atoms with Crippen molar-refractivity contribution in [3.63, 3.8) is 0 Å². The summed E-state index contributed by atoms with van der Waals surface area (Å²) in [6.45, 7) is 4.20. The molecule has 33 heavy (non-hydrogen) atoms. The summed E-state index contributed by atoms with van der Waals surface area (Å²) < 4.78 is 41.1. The van der Waals surface area contributed by atoms with E-state index in [1.54, 1.807) is 36.5 Å². The highest BCUT2D eigenvalue weighted by molar-refractivity contribution is 7.92. The molecule has 3 aromatic rings. The van der Waals surface area contributed by atoms with Crippen LogP contribution in [0.15, 0.2) is 59.8 Å². The number of amides is 1. The van der Waals surface area contributed by atoms with Crippen LogP contribution in [-0.2, 0) is 16.6 Å². The van der Waals surface area contributed by atoms with Gasteiger partial charge >= 0.3 is 0 Å². The Hall–Kier alpha value is -3.53. The minimum atomic E-state index is -3.83. The summed E-state index contributed by atoms with van der Waals surface area (Å²) in [5.74, 6) is 0.718. The number of carbonyl (C=O) groups is 1. The fourth-order valence-electron chi connectivity index (χ4n) is 3.35. The van der Waals surface area contributed by atoms with Crippen LogP contribution in [0.2, 0.25) is 0 Å². The van der Waals surface area contributed by atoms with E-state index in [1.807, 2.05) is 17.8 Å². The van der Waals surface area contributed by atoms with E-state index in [2.05, 4.69) is 15.1 Å². The second-order valence-electron chi connectivity index (χ2n) is 7.73. The van der Waals surface area contributed by atoms with Gasteiger partial charge in [0.15, 0.2) is 11.5 Å². The van der Waals surface area contributed by atoms with Gasteiger partial charge in [0.25, 0.3) is 15.9 Å². The van der Waals surface area contributed by atoms with Gasteiger partial charge in [0.1, 0.15) is 0 Å². The summed E-state index contributed by atoms with van der Waals surface area (Å²) in [5, 5.41) is 7.07. The Morgan fingerprint density at radius 1 is 1.09 bits per heavy atom. The number of ether oxygens (including phenoxy) is 2. The Labute approximate surface area is 192 Å². The molecule has 10 heteroatoms. The van der Waals surface area contributed by atoms with Gasteiger partial charge < -0.3 is 14.8 Å². The molecule has 0 bridgehead atoms. The molecule has 0 saturated carbocycles. The molecule has 0 spiro atoms. The van der Waals surface area contributed by atoms with Crippen LogP contribution in [0.25, 0.3) is 0 Å². The fourth-order valence-corrected chi connectivity index (χ4v) is 4.42. The maximum atomic E-state index is 12.8. The highest BCUT2D eigenvalue weighted by Crippen LogP contribution is 2.32. The number of benzene rings is 2. The third-order valence-electron chi connectivity index (χ3n) is 5.04. The monoisotopic (exact) mass is 470 g/mol. The second kappa shape index (κ2) is 9.95. The first kappa shape index (κ1) is 22.7. The zero-order valence-corrected chi connectivity index (χ0v) is 19.1. The van der Waals surface area contributed by atoms with E-state index in [0.29, 0.717) is 49.1 Å². The van der Waals surface area contributed by atoms with Crippen LogP contribution >= 0.6 is 0 Å². The van der Waals surface area contributed by atoms with Crippen LogP contribution < -0.4 is 19.5 Å². The molecule has 0 saturated heterocycles. The molecule has 0 unspecified atom stereocenters. The number of aromatic nitrogens is 2. The lowest BCUT2D eigenvalue weighted by atomic mass is 10.2. The summed E-state index contributed by atoms with van der Waals surface area (Å²) in [6.07, 6.45) is 5.23. The standard InChI is InChI=1S/C23H26N4O5S/c1-17-15-25-27(16-17)11-2-10-24-23(28)18-4-6-19(7-5-18)26-33(29,30)20-8-9-21-22(14-20)32-13-3-12-31-21/h4-9,14-16,26H,2-3,10-13H2,1H3,(H,24,28). The summed E-state index contributed by atoms with van der Waals surface area (Å²) >= 11 is 0. The van der Waals surface area contributed by atoms with Crippen molar-refractivity contribution in [1.29, 1.82) is 0 Å². The molecule has 0 radical (unpaired) electrons. The number of hydrogen-bond donors (Lipinski definition) is 2. The molecule has 1 aromatic heterocycles. The van der Waals surface area contributed by atoms with Crippen molar-refractivity contribution < 1.29 is 22.7 Å². The van der Waals surface area contributed by atoms with E-state index >= 15 is 0 Å². The molecule has 1 aliphatic rings. The first-order valence-electron chi connectivity index (χ1n) is 10.7. The van der Waals surface area contributed by atoms with Crippen LogP contribution in [0.5, 0.6) is 11.5 Å². The fraction of sp³-hybridized carbons (Fsp3) is 0.304. The molecule has 1 amide bonds. The smallest absolute Gasteiger partial charge is 0.262 e. The molecule has 1 aliphatic heterocycles. The van der Waals surface area contributed by atoms with Gasteiger partial charge in [0, 0.05) is 43.0 Å². The predicted octanol–water partition coefficient (Wildman–Crippen LogP) is 2.97. The molecule has 0 atom stereocenters. The van der Waals surface area contributed by atoms with Crippen molar-refractivity contribution in [1.82, 2.24) is 15.1 Å². The highest BCUT2D eigenvalue weighted by atomic mass is 32.2. The van der Waals surface area contributed by atoms with Crippen molar-refractivity contribution in [3.05, 3.63) is 66.0 Å². The summed E-state index contributed by atoms with van der Waals surface area (Å²) in [6, 6.07) is 10.8. The molecule has 0 fully saturated rings. The van der Waals surface area contributed by atoms with Gasteiger partial charge in [0.05, 0.1) is 24.3 Å². The molecular weight excluding hydrogens is 444 g/mol. The van der Waals surface area contributed by atoms with Gasteiger partial charge in [-0.2, -0.15) is 5.10 Å². The average Bonchev–Trinajstić information content (AvgIpc) is 3.07. The van der Waals surface area contributed by atoms with E-state index in [1.165, 1.54) is 12.1 Å². The largest absolute Gasteiger partial charge is 0.490 e. The molecule has 2 N–H and O–H groups in total. The zero-order chi connectivity index (χ0) is 23.3. The Bertz CT molecular complexity index is 1220. The topological polar surface area (TPSA) is 112 Å². The number of rotatable bonds is 8. The number of fused-ring (bicyclic) bond motifs is 1. The highest BCUT2D eigenvalue weighted by Gasteiger charge is 2.19. The predicted molar refractivity (Wildman–Crippen MR) is 123 cm³/mol. The lowest BCUT2D eigenvalue weighted by Gasteiger charge is -2.12. The second-order valence-corrected chi connectivity index (χ2v) is 9.41. The average molecular weight is 471 g/mol. The van der Waals surface area contributed by atoms with Crippen molar-refractivity contribution in [2.45, 2.75) is 31.2 Å².